The summed E-state index contributed by atoms with van der Waals surface area (Å²) in [6, 6.07) is 7.98. The minimum Gasteiger partial charge on any atom is -0.370 e. The van der Waals surface area contributed by atoms with Crippen LogP contribution < -0.4 is 10.6 Å². The predicted octanol–water partition coefficient (Wildman–Crippen LogP) is 2.89. The number of piperazine rings is 1. The van der Waals surface area contributed by atoms with Crippen molar-refractivity contribution >= 4 is 47.2 Å². The SMILES string of the molecule is CCc1nn(C)cc1CN=C(N)N1CCN(c2ccc(Cl)cc2)CC1.I. The molecular formula is C18H26ClIN6. The highest BCUT2D eigenvalue weighted by Crippen LogP contribution is 2.19. The molecule has 1 aliphatic heterocycles. The number of halogens is 2. The zero-order valence-corrected chi connectivity index (χ0v) is 18.3. The molecule has 1 saturated heterocycles. The highest BCUT2D eigenvalue weighted by Gasteiger charge is 2.18. The molecule has 0 atom stereocenters. The molecule has 0 spiro atoms. The summed E-state index contributed by atoms with van der Waals surface area (Å²) < 4.78 is 1.84. The Morgan fingerprint density at radius 2 is 1.85 bits per heavy atom. The number of rotatable bonds is 4. The van der Waals surface area contributed by atoms with Crippen molar-refractivity contribution in [3.8, 4) is 0 Å². The fourth-order valence-electron chi connectivity index (χ4n) is 3.13. The van der Waals surface area contributed by atoms with E-state index in [2.05, 4.69) is 38.9 Å². The summed E-state index contributed by atoms with van der Waals surface area (Å²) in [6.07, 6.45) is 2.93. The Morgan fingerprint density at radius 1 is 1.19 bits per heavy atom. The molecule has 6 nitrogen and oxygen atoms in total. The molecule has 0 aliphatic carbocycles. The molecule has 1 fully saturated rings. The molecule has 0 bridgehead atoms. The standard InChI is InChI=1S/C18H25ClN6.HI/c1-3-17-14(13-23(2)22-17)12-21-18(20)25-10-8-24(9-11-25)16-6-4-15(19)5-7-16;/h4-7,13H,3,8-12H2,1-2H3,(H2,20,21);1H. The largest absolute Gasteiger partial charge is 0.370 e. The van der Waals surface area contributed by atoms with Crippen LogP contribution in [0.3, 0.4) is 0 Å². The number of aromatic nitrogens is 2. The van der Waals surface area contributed by atoms with Gasteiger partial charge in [0.2, 0.25) is 0 Å². The highest BCUT2D eigenvalue weighted by atomic mass is 127. The van der Waals surface area contributed by atoms with E-state index in [9.17, 15) is 0 Å². The van der Waals surface area contributed by atoms with E-state index < -0.39 is 0 Å². The van der Waals surface area contributed by atoms with E-state index in [0.717, 1.165) is 48.9 Å². The van der Waals surface area contributed by atoms with Gasteiger partial charge in [-0.15, -0.1) is 24.0 Å². The smallest absolute Gasteiger partial charge is 0.191 e. The second kappa shape index (κ2) is 9.45. The van der Waals surface area contributed by atoms with Crippen molar-refractivity contribution in [3.05, 3.63) is 46.7 Å². The van der Waals surface area contributed by atoms with E-state index in [1.807, 2.05) is 30.1 Å². The quantitative estimate of drug-likeness (QED) is 0.408. The zero-order valence-electron chi connectivity index (χ0n) is 15.2. The number of anilines is 1. The first-order valence-corrected chi connectivity index (χ1v) is 9.01. The number of benzene rings is 1. The number of nitrogens with zero attached hydrogens (tertiary/aromatic N) is 5. The maximum Gasteiger partial charge on any atom is 0.191 e. The fraction of sp³-hybridized carbons (Fsp3) is 0.444. The number of guanidine groups is 1. The minimum atomic E-state index is 0. The molecule has 1 aromatic heterocycles. The van der Waals surface area contributed by atoms with E-state index in [1.54, 1.807) is 0 Å². The van der Waals surface area contributed by atoms with Crippen molar-refractivity contribution in [2.45, 2.75) is 19.9 Å². The Hall–Kier alpha value is -1.48. The van der Waals surface area contributed by atoms with Gasteiger partial charge in [-0.2, -0.15) is 5.10 Å². The number of aliphatic imine (C=N–C) groups is 1. The van der Waals surface area contributed by atoms with Crippen LogP contribution >= 0.6 is 35.6 Å². The van der Waals surface area contributed by atoms with E-state index in [1.165, 1.54) is 5.69 Å². The van der Waals surface area contributed by atoms with Crippen LogP contribution in [0.15, 0.2) is 35.5 Å². The van der Waals surface area contributed by atoms with Gasteiger partial charge in [0.05, 0.1) is 12.2 Å². The van der Waals surface area contributed by atoms with Gasteiger partial charge in [-0.05, 0) is 30.7 Å². The lowest BCUT2D eigenvalue weighted by molar-refractivity contribution is 0.380. The molecule has 2 aromatic rings. The monoisotopic (exact) mass is 488 g/mol. The first-order valence-electron chi connectivity index (χ1n) is 8.63. The number of nitrogens with two attached hydrogens (primary N) is 1. The maximum atomic E-state index is 6.21. The first kappa shape index (κ1) is 20.8. The molecule has 2 heterocycles. The molecule has 1 aliphatic rings. The lowest BCUT2D eigenvalue weighted by Crippen LogP contribution is -2.51. The van der Waals surface area contributed by atoms with Crippen molar-refractivity contribution in [1.29, 1.82) is 0 Å². The van der Waals surface area contributed by atoms with Crippen LogP contribution in [-0.4, -0.2) is 46.8 Å². The summed E-state index contributed by atoms with van der Waals surface area (Å²) in [5.41, 5.74) is 9.64. The van der Waals surface area contributed by atoms with Crippen molar-refractivity contribution in [2.75, 3.05) is 31.1 Å². The third-order valence-electron chi connectivity index (χ3n) is 4.53. The normalized spacial score (nSPS) is 15.1. The second-order valence-electron chi connectivity index (χ2n) is 6.25. The average Bonchev–Trinajstić information content (AvgIpc) is 3.00. The molecule has 0 unspecified atom stereocenters. The molecular weight excluding hydrogens is 463 g/mol. The highest BCUT2D eigenvalue weighted by molar-refractivity contribution is 14.0. The van der Waals surface area contributed by atoms with Crippen LogP contribution in [0, 0.1) is 0 Å². The minimum absolute atomic E-state index is 0. The van der Waals surface area contributed by atoms with Crippen LogP contribution in [0.5, 0.6) is 0 Å². The molecule has 2 N–H and O–H groups in total. The van der Waals surface area contributed by atoms with Crippen LogP contribution in [-0.2, 0) is 20.0 Å². The Labute approximate surface area is 177 Å². The summed E-state index contributed by atoms with van der Waals surface area (Å²) in [7, 11) is 1.94. The summed E-state index contributed by atoms with van der Waals surface area (Å²) >= 11 is 5.96. The maximum absolute atomic E-state index is 6.21. The van der Waals surface area contributed by atoms with Gasteiger partial charge in [0.1, 0.15) is 0 Å². The van der Waals surface area contributed by atoms with Crippen molar-refractivity contribution in [1.82, 2.24) is 14.7 Å². The van der Waals surface area contributed by atoms with Gasteiger partial charge in [-0.3, -0.25) is 4.68 Å². The molecule has 26 heavy (non-hydrogen) atoms. The fourth-order valence-corrected chi connectivity index (χ4v) is 3.25. The number of aryl methyl sites for hydroxylation is 2. The molecule has 0 amide bonds. The molecule has 3 rings (SSSR count). The lowest BCUT2D eigenvalue weighted by atomic mass is 10.2. The molecule has 0 radical (unpaired) electrons. The van der Waals surface area contributed by atoms with Gasteiger partial charge in [0.25, 0.3) is 0 Å². The molecule has 1 aromatic carbocycles. The lowest BCUT2D eigenvalue weighted by Gasteiger charge is -2.36. The van der Waals surface area contributed by atoms with Crippen molar-refractivity contribution in [2.24, 2.45) is 17.8 Å². The van der Waals surface area contributed by atoms with Gasteiger partial charge in [-0.1, -0.05) is 18.5 Å². The van der Waals surface area contributed by atoms with Gasteiger partial charge in [0.15, 0.2) is 5.96 Å². The van der Waals surface area contributed by atoms with Crippen LogP contribution in [0.1, 0.15) is 18.2 Å². The Morgan fingerprint density at radius 3 is 2.46 bits per heavy atom. The second-order valence-corrected chi connectivity index (χ2v) is 6.69. The van der Waals surface area contributed by atoms with Gasteiger partial charge < -0.3 is 15.5 Å². The van der Waals surface area contributed by atoms with E-state index in [-0.39, 0.29) is 24.0 Å². The zero-order chi connectivity index (χ0) is 17.8. The van der Waals surface area contributed by atoms with E-state index in [4.69, 9.17) is 17.3 Å². The van der Waals surface area contributed by atoms with Gasteiger partial charge in [-0.25, -0.2) is 4.99 Å². The molecule has 8 heteroatoms. The summed E-state index contributed by atoms with van der Waals surface area (Å²) in [6.45, 7) is 6.27. The van der Waals surface area contributed by atoms with E-state index >= 15 is 0 Å². The van der Waals surface area contributed by atoms with E-state index in [0.29, 0.717) is 12.5 Å². The predicted molar refractivity (Wildman–Crippen MR) is 119 cm³/mol. The third kappa shape index (κ3) is 5.03. The third-order valence-corrected chi connectivity index (χ3v) is 4.79. The van der Waals surface area contributed by atoms with Crippen LogP contribution in [0.25, 0.3) is 0 Å². The van der Waals surface area contributed by atoms with Crippen molar-refractivity contribution < 1.29 is 0 Å². The summed E-state index contributed by atoms with van der Waals surface area (Å²) in [4.78, 5) is 9.07. The van der Waals surface area contributed by atoms with Gasteiger partial charge >= 0.3 is 0 Å². The summed E-state index contributed by atoms with van der Waals surface area (Å²) in [5.74, 6) is 0.613. The summed E-state index contributed by atoms with van der Waals surface area (Å²) in [5, 5.41) is 5.21. The Balaban J connectivity index is 0.00000243. The number of hydrogen-bond acceptors (Lipinski definition) is 3. The van der Waals surface area contributed by atoms with Crippen molar-refractivity contribution in [3.63, 3.8) is 0 Å². The number of hydrogen-bond donors (Lipinski definition) is 1. The van der Waals surface area contributed by atoms with Crippen LogP contribution in [0.2, 0.25) is 5.02 Å². The van der Waals surface area contributed by atoms with Crippen LogP contribution in [0.4, 0.5) is 5.69 Å². The van der Waals surface area contributed by atoms with Gasteiger partial charge in [0, 0.05) is 55.7 Å². The topological polar surface area (TPSA) is 62.7 Å². The molecule has 0 saturated carbocycles. The Kier molecular flexibility index (Phi) is 7.57. The molecule has 142 valence electrons. The average molecular weight is 489 g/mol. The Bertz CT molecular complexity index is 735. The first-order chi connectivity index (χ1) is 12.1.